The quantitative estimate of drug-likeness (QED) is 0.770. The second-order valence-corrected chi connectivity index (χ2v) is 5.12. The number of allylic oxidation sites excluding steroid dienone is 1. The van der Waals surface area contributed by atoms with E-state index in [9.17, 15) is 9.59 Å². The molecule has 0 fully saturated rings. The summed E-state index contributed by atoms with van der Waals surface area (Å²) >= 11 is 0. The first-order valence-electron chi connectivity index (χ1n) is 6.82. The van der Waals surface area contributed by atoms with E-state index in [1.165, 1.54) is 7.11 Å². The van der Waals surface area contributed by atoms with E-state index in [0.717, 1.165) is 0 Å². The van der Waals surface area contributed by atoms with Gasteiger partial charge in [-0.15, -0.1) is 0 Å². The van der Waals surface area contributed by atoms with Crippen molar-refractivity contribution in [1.29, 1.82) is 0 Å². The molecule has 1 rings (SSSR count). The molecule has 0 aliphatic heterocycles. The fourth-order valence-corrected chi connectivity index (χ4v) is 2.31. The van der Waals surface area contributed by atoms with Crippen LogP contribution in [0.15, 0.2) is 24.0 Å². The molecule has 112 valence electrons. The zero-order valence-corrected chi connectivity index (χ0v) is 12.5. The van der Waals surface area contributed by atoms with Crippen LogP contribution in [0.1, 0.15) is 33.6 Å². The van der Waals surface area contributed by atoms with Crippen molar-refractivity contribution in [3.05, 3.63) is 24.0 Å². The summed E-state index contributed by atoms with van der Waals surface area (Å²) in [6, 6.07) is 0. The smallest absolute Gasteiger partial charge is 0.228 e. The molecule has 1 aliphatic carbocycles. The highest BCUT2D eigenvalue weighted by Gasteiger charge is 2.47. The van der Waals surface area contributed by atoms with Gasteiger partial charge in [-0.25, -0.2) is 0 Å². The molecule has 1 amide bonds. The molecule has 5 heteroatoms. The van der Waals surface area contributed by atoms with Gasteiger partial charge in [0, 0.05) is 13.5 Å². The Morgan fingerprint density at radius 2 is 2.10 bits per heavy atom. The molecular formula is C15H23NO4. The molecule has 0 spiro atoms. The number of ketones is 1. The minimum absolute atomic E-state index is 0.0353. The van der Waals surface area contributed by atoms with Gasteiger partial charge < -0.3 is 15.2 Å². The summed E-state index contributed by atoms with van der Waals surface area (Å²) in [5, 5.41) is 0. The SMILES string of the molecule is CCCC(=O)C1(OC)C=C(OC(C)C)C=CC1C(N)=O. The van der Waals surface area contributed by atoms with Crippen LogP contribution >= 0.6 is 0 Å². The minimum Gasteiger partial charge on any atom is -0.491 e. The van der Waals surface area contributed by atoms with Crippen LogP contribution in [-0.4, -0.2) is 30.5 Å². The maximum Gasteiger partial charge on any atom is 0.228 e. The highest BCUT2D eigenvalue weighted by Crippen LogP contribution is 2.33. The van der Waals surface area contributed by atoms with E-state index in [1.807, 2.05) is 20.8 Å². The number of hydrogen-bond donors (Lipinski definition) is 1. The van der Waals surface area contributed by atoms with Crippen molar-refractivity contribution in [2.75, 3.05) is 7.11 Å². The Morgan fingerprint density at radius 3 is 2.55 bits per heavy atom. The summed E-state index contributed by atoms with van der Waals surface area (Å²) < 4.78 is 11.0. The number of primary amides is 1. The molecule has 0 radical (unpaired) electrons. The van der Waals surface area contributed by atoms with Gasteiger partial charge in [-0.05, 0) is 32.4 Å². The standard InChI is InChI=1S/C15H23NO4/c1-5-6-13(17)15(19-4)9-11(20-10(2)3)7-8-12(15)14(16)18/h7-10,12H,5-6H2,1-4H3,(H2,16,18). The number of nitrogens with two attached hydrogens (primary N) is 1. The van der Waals surface area contributed by atoms with Crippen LogP contribution in [0.5, 0.6) is 0 Å². The van der Waals surface area contributed by atoms with Crippen LogP contribution in [0, 0.1) is 5.92 Å². The van der Waals surface area contributed by atoms with E-state index in [0.29, 0.717) is 18.6 Å². The lowest BCUT2D eigenvalue weighted by Crippen LogP contribution is -2.51. The molecule has 0 aromatic heterocycles. The highest BCUT2D eigenvalue weighted by atomic mass is 16.5. The summed E-state index contributed by atoms with van der Waals surface area (Å²) in [5.74, 6) is -1.05. The fourth-order valence-electron chi connectivity index (χ4n) is 2.31. The topological polar surface area (TPSA) is 78.6 Å². The van der Waals surface area contributed by atoms with E-state index < -0.39 is 17.4 Å². The van der Waals surface area contributed by atoms with Crippen molar-refractivity contribution < 1.29 is 19.1 Å². The number of rotatable bonds is 7. The Bertz CT molecular complexity index is 439. The predicted molar refractivity (Wildman–Crippen MR) is 75.8 cm³/mol. The van der Waals surface area contributed by atoms with Crippen molar-refractivity contribution in [1.82, 2.24) is 0 Å². The second-order valence-electron chi connectivity index (χ2n) is 5.12. The molecule has 0 heterocycles. The van der Waals surface area contributed by atoms with E-state index in [4.69, 9.17) is 15.2 Å². The molecule has 0 saturated carbocycles. The molecular weight excluding hydrogens is 258 g/mol. The van der Waals surface area contributed by atoms with Crippen molar-refractivity contribution in [3.8, 4) is 0 Å². The number of carbonyl (C=O) groups excluding carboxylic acids is 2. The molecule has 0 saturated heterocycles. The van der Waals surface area contributed by atoms with Crippen molar-refractivity contribution in [2.24, 2.45) is 11.7 Å². The zero-order valence-electron chi connectivity index (χ0n) is 12.5. The van der Waals surface area contributed by atoms with E-state index in [-0.39, 0.29) is 11.9 Å². The second kappa shape index (κ2) is 6.70. The summed E-state index contributed by atoms with van der Waals surface area (Å²) in [5.41, 5.74) is 4.05. The van der Waals surface area contributed by atoms with Gasteiger partial charge in [-0.2, -0.15) is 0 Å². The number of methoxy groups -OCH3 is 1. The zero-order chi connectivity index (χ0) is 15.3. The number of Topliss-reactive ketones (excluding diaryl/α,β-unsaturated/α-hetero) is 1. The Balaban J connectivity index is 3.22. The lowest BCUT2D eigenvalue weighted by molar-refractivity contribution is -0.146. The maximum atomic E-state index is 12.4. The van der Waals surface area contributed by atoms with E-state index in [1.54, 1.807) is 18.2 Å². The molecule has 5 nitrogen and oxygen atoms in total. The van der Waals surface area contributed by atoms with Crippen LogP contribution in [-0.2, 0) is 19.1 Å². The third kappa shape index (κ3) is 3.28. The Hall–Kier alpha value is -1.62. The van der Waals surface area contributed by atoms with Gasteiger partial charge in [0.2, 0.25) is 5.91 Å². The molecule has 2 N–H and O–H groups in total. The minimum atomic E-state index is -1.36. The maximum absolute atomic E-state index is 12.4. The van der Waals surface area contributed by atoms with Crippen molar-refractivity contribution in [2.45, 2.75) is 45.3 Å². The number of amides is 1. The lowest BCUT2D eigenvalue weighted by Gasteiger charge is -2.35. The molecule has 0 bridgehead atoms. The van der Waals surface area contributed by atoms with Crippen molar-refractivity contribution in [3.63, 3.8) is 0 Å². The Labute approximate surface area is 119 Å². The Morgan fingerprint density at radius 1 is 1.45 bits per heavy atom. The van der Waals surface area contributed by atoms with Crippen LogP contribution in [0.3, 0.4) is 0 Å². The van der Waals surface area contributed by atoms with Crippen LogP contribution in [0.4, 0.5) is 0 Å². The number of carbonyl (C=O) groups is 2. The third-order valence-electron chi connectivity index (χ3n) is 3.20. The molecule has 1 aliphatic rings. The average Bonchev–Trinajstić information content (AvgIpc) is 2.37. The van der Waals surface area contributed by atoms with Crippen LogP contribution in [0.2, 0.25) is 0 Å². The summed E-state index contributed by atoms with van der Waals surface area (Å²) in [7, 11) is 1.41. The van der Waals surface area contributed by atoms with Crippen molar-refractivity contribution >= 4 is 11.7 Å². The summed E-state index contributed by atoms with van der Waals surface area (Å²) in [6.07, 6.45) is 5.76. The van der Waals surface area contributed by atoms with Gasteiger partial charge in [0.25, 0.3) is 0 Å². The highest BCUT2D eigenvalue weighted by molar-refractivity contribution is 5.97. The normalized spacial score (nSPS) is 25.4. The van der Waals surface area contributed by atoms with Gasteiger partial charge in [-0.3, -0.25) is 9.59 Å². The van der Waals surface area contributed by atoms with Gasteiger partial charge in [0.05, 0.1) is 12.0 Å². The molecule has 2 atom stereocenters. The van der Waals surface area contributed by atoms with Gasteiger partial charge in [-0.1, -0.05) is 13.0 Å². The predicted octanol–water partition coefficient (Wildman–Crippen LogP) is 1.72. The molecule has 0 aromatic rings. The number of ether oxygens (including phenoxy) is 2. The first-order chi connectivity index (χ1) is 9.37. The van der Waals surface area contributed by atoms with Crippen LogP contribution < -0.4 is 5.73 Å². The first-order valence-corrected chi connectivity index (χ1v) is 6.82. The summed E-state index contributed by atoms with van der Waals surface area (Å²) in [6.45, 7) is 5.67. The van der Waals surface area contributed by atoms with E-state index >= 15 is 0 Å². The monoisotopic (exact) mass is 281 g/mol. The first kappa shape index (κ1) is 16.4. The molecule has 2 unspecified atom stereocenters. The fraction of sp³-hybridized carbons (Fsp3) is 0.600. The number of hydrogen-bond acceptors (Lipinski definition) is 4. The van der Waals surface area contributed by atoms with Gasteiger partial charge in [0.1, 0.15) is 5.76 Å². The van der Waals surface area contributed by atoms with E-state index in [2.05, 4.69) is 0 Å². The summed E-state index contributed by atoms with van der Waals surface area (Å²) in [4.78, 5) is 24.1. The Kier molecular flexibility index (Phi) is 5.51. The lowest BCUT2D eigenvalue weighted by atomic mass is 9.78. The largest absolute Gasteiger partial charge is 0.491 e. The third-order valence-corrected chi connectivity index (χ3v) is 3.20. The molecule has 0 aromatic carbocycles. The van der Waals surface area contributed by atoms with Gasteiger partial charge in [0.15, 0.2) is 11.4 Å². The average molecular weight is 281 g/mol. The molecule has 20 heavy (non-hydrogen) atoms. The van der Waals surface area contributed by atoms with Gasteiger partial charge >= 0.3 is 0 Å². The van der Waals surface area contributed by atoms with Crippen LogP contribution in [0.25, 0.3) is 0 Å².